The molecule has 1 amide bonds. The smallest absolute Gasteiger partial charge is 0.252 e. The number of aromatic nitrogens is 1. The second-order valence-corrected chi connectivity index (χ2v) is 5.36. The van der Waals surface area contributed by atoms with Crippen LogP contribution in [0, 0.1) is 5.92 Å². The lowest BCUT2D eigenvalue weighted by molar-refractivity contribution is 0.0953. The van der Waals surface area contributed by atoms with E-state index in [2.05, 4.69) is 22.1 Å². The fourth-order valence-corrected chi connectivity index (χ4v) is 2.33. The van der Waals surface area contributed by atoms with Crippen molar-refractivity contribution in [1.82, 2.24) is 10.3 Å². The molecule has 104 valence electrons. The van der Waals surface area contributed by atoms with Gasteiger partial charge in [0, 0.05) is 25.8 Å². The Kier molecular flexibility index (Phi) is 4.77. The minimum atomic E-state index is -0.0263. The number of carbonyl (C=O) groups is 1. The van der Waals surface area contributed by atoms with Gasteiger partial charge in [-0.3, -0.25) is 9.78 Å². The van der Waals surface area contributed by atoms with Gasteiger partial charge in [0.05, 0.1) is 17.4 Å². The number of hydrogen-bond acceptors (Lipinski definition) is 3. The number of rotatable bonds is 4. The van der Waals surface area contributed by atoms with Crippen LogP contribution in [-0.4, -0.2) is 30.5 Å². The standard InChI is InChI=1S/C15H23N3O/c1-3-6-17-15(19)13-9-14(11-16-10-13)18-7-4-12(2)5-8-18/h9-12H,3-8H2,1-2H3,(H,17,19). The third kappa shape index (κ3) is 3.69. The second-order valence-electron chi connectivity index (χ2n) is 5.36. The van der Waals surface area contributed by atoms with Crippen molar-refractivity contribution in [2.24, 2.45) is 5.92 Å². The Morgan fingerprint density at radius 1 is 1.42 bits per heavy atom. The van der Waals surface area contributed by atoms with E-state index in [4.69, 9.17) is 0 Å². The van der Waals surface area contributed by atoms with E-state index < -0.39 is 0 Å². The summed E-state index contributed by atoms with van der Waals surface area (Å²) >= 11 is 0. The second kappa shape index (κ2) is 6.55. The van der Waals surface area contributed by atoms with E-state index >= 15 is 0 Å². The van der Waals surface area contributed by atoms with E-state index in [1.54, 1.807) is 6.20 Å². The summed E-state index contributed by atoms with van der Waals surface area (Å²) in [6.07, 6.45) is 6.87. The van der Waals surface area contributed by atoms with Gasteiger partial charge in [0.25, 0.3) is 5.91 Å². The Morgan fingerprint density at radius 3 is 2.84 bits per heavy atom. The zero-order valence-electron chi connectivity index (χ0n) is 11.9. The zero-order chi connectivity index (χ0) is 13.7. The first-order valence-electron chi connectivity index (χ1n) is 7.19. The van der Waals surface area contributed by atoms with Crippen LogP contribution in [0.3, 0.4) is 0 Å². The molecule has 1 aliphatic heterocycles. The summed E-state index contributed by atoms with van der Waals surface area (Å²) in [6, 6.07) is 1.95. The van der Waals surface area contributed by atoms with E-state index in [1.807, 2.05) is 19.2 Å². The first kappa shape index (κ1) is 13.8. The van der Waals surface area contributed by atoms with E-state index in [1.165, 1.54) is 12.8 Å². The van der Waals surface area contributed by atoms with Crippen molar-refractivity contribution in [2.45, 2.75) is 33.1 Å². The summed E-state index contributed by atoms with van der Waals surface area (Å²) in [6.45, 7) is 7.17. The first-order valence-corrected chi connectivity index (χ1v) is 7.19. The first-order chi connectivity index (χ1) is 9.20. The van der Waals surface area contributed by atoms with Crippen molar-refractivity contribution in [3.8, 4) is 0 Å². The molecule has 0 spiro atoms. The number of pyridine rings is 1. The molecule has 0 unspecified atom stereocenters. The molecule has 0 aromatic carbocycles. The minimum absolute atomic E-state index is 0.0263. The topological polar surface area (TPSA) is 45.2 Å². The molecule has 1 aliphatic rings. The molecule has 2 rings (SSSR count). The van der Waals surface area contributed by atoms with Gasteiger partial charge >= 0.3 is 0 Å². The van der Waals surface area contributed by atoms with Gasteiger partial charge in [0.2, 0.25) is 0 Å². The molecule has 1 fully saturated rings. The predicted molar refractivity (Wildman–Crippen MR) is 77.5 cm³/mol. The Balaban J connectivity index is 2.04. The van der Waals surface area contributed by atoms with Crippen LogP contribution in [0.4, 0.5) is 5.69 Å². The zero-order valence-corrected chi connectivity index (χ0v) is 11.9. The van der Waals surface area contributed by atoms with Crippen LogP contribution in [0.15, 0.2) is 18.5 Å². The molecular weight excluding hydrogens is 238 g/mol. The van der Waals surface area contributed by atoms with Crippen LogP contribution in [0.1, 0.15) is 43.5 Å². The highest BCUT2D eigenvalue weighted by Gasteiger charge is 2.17. The highest BCUT2D eigenvalue weighted by atomic mass is 16.1. The molecule has 4 heteroatoms. The molecule has 0 aliphatic carbocycles. The largest absolute Gasteiger partial charge is 0.370 e. The summed E-state index contributed by atoms with van der Waals surface area (Å²) in [5.74, 6) is 0.779. The number of nitrogens with zero attached hydrogens (tertiary/aromatic N) is 2. The summed E-state index contributed by atoms with van der Waals surface area (Å²) in [5.41, 5.74) is 1.72. The number of nitrogens with one attached hydrogen (secondary N) is 1. The maximum Gasteiger partial charge on any atom is 0.252 e. The molecule has 0 atom stereocenters. The third-order valence-corrected chi connectivity index (χ3v) is 3.67. The average Bonchev–Trinajstić information content (AvgIpc) is 2.45. The number of carbonyl (C=O) groups excluding carboxylic acids is 1. The summed E-state index contributed by atoms with van der Waals surface area (Å²) < 4.78 is 0. The third-order valence-electron chi connectivity index (χ3n) is 3.67. The Morgan fingerprint density at radius 2 is 2.16 bits per heavy atom. The van der Waals surface area contributed by atoms with E-state index in [9.17, 15) is 4.79 Å². The molecule has 1 N–H and O–H groups in total. The summed E-state index contributed by atoms with van der Waals surface area (Å²) in [7, 11) is 0. The molecule has 0 saturated carbocycles. The molecule has 4 nitrogen and oxygen atoms in total. The van der Waals surface area contributed by atoms with Crippen LogP contribution in [-0.2, 0) is 0 Å². The van der Waals surface area contributed by atoms with Crippen molar-refractivity contribution < 1.29 is 4.79 Å². The van der Waals surface area contributed by atoms with E-state index in [0.29, 0.717) is 12.1 Å². The molecule has 2 heterocycles. The predicted octanol–water partition coefficient (Wildman–Crippen LogP) is 2.46. The summed E-state index contributed by atoms with van der Waals surface area (Å²) in [4.78, 5) is 18.4. The highest BCUT2D eigenvalue weighted by molar-refractivity contribution is 5.94. The normalized spacial score (nSPS) is 16.4. The number of amides is 1. The molecule has 1 saturated heterocycles. The number of anilines is 1. The van der Waals surface area contributed by atoms with Gasteiger partial charge in [-0.15, -0.1) is 0 Å². The van der Waals surface area contributed by atoms with Crippen LogP contribution in [0.25, 0.3) is 0 Å². The Labute approximate surface area is 115 Å². The van der Waals surface area contributed by atoms with Crippen LogP contribution in [0.2, 0.25) is 0 Å². The van der Waals surface area contributed by atoms with Gasteiger partial charge < -0.3 is 10.2 Å². The lowest BCUT2D eigenvalue weighted by atomic mass is 9.99. The van der Waals surface area contributed by atoms with Gasteiger partial charge in [0.1, 0.15) is 0 Å². The average molecular weight is 261 g/mol. The van der Waals surface area contributed by atoms with Gasteiger partial charge in [-0.25, -0.2) is 0 Å². The van der Waals surface area contributed by atoms with Crippen LogP contribution in [0.5, 0.6) is 0 Å². The van der Waals surface area contributed by atoms with Crippen molar-refractivity contribution in [3.63, 3.8) is 0 Å². The SMILES string of the molecule is CCCNC(=O)c1cncc(N2CCC(C)CC2)c1. The fraction of sp³-hybridized carbons (Fsp3) is 0.600. The Hall–Kier alpha value is -1.58. The maximum absolute atomic E-state index is 11.9. The Bertz CT molecular complexity index is 425. The lowest BCUT2D eigenvalue weighted by Crippen LogP contribution is -2.33. The molecular formula is C15H23N3O. The number of piperidine rings is 1. The van der Waals surface area contributed by atoms with Crippen molar-refractivity contribution in [2.75, 3.05) is 24.5 Å². The maximum atomic E-state index is 11.9. The van der Waals surface area contributed by atoms with Crippen molar-refractivity contribution in [1.29, 1.82) is 0 Å². The number of hydrogen-bond donors (Lipinski definition) is 1. The quantitative estimate of drug-likeness (QED) is 0.905. The van der Waals surface area contributed by atoms with E-state index in [-0.39, 0.29) is 5.91 Å². The minimum Gasteiger partial charge on any atom is -0.370 e. The molecule has 1 aromatic heterocycles. The van der Waals surface area contributed by atoms with Crippen molar-refractivity contribution >= 4 is 11.6 Å². The van der Waals surface area contributed by atoms with Gasteiger partial charge in [-0.1, -0.05) is 13.8 Å². The molecule has 0 bridgehead atoms. The lowest BCUT2D eigenvalue weighted by Gasteiger charge is -2.32. The van der Waals surface area contributed by atoms with Gasteiger partial charge in [-0.2, -0.15) is 0 Å². The van der Waals surface area contributed by atoms with Gasteiger partial charge in [0.15, 0.2) is 0 Å². The monoisotopic (exact) mass is 261 g/mol. The van der Waals surface area contributed by atoms with Gasteiger partial charge in [-0.05, 0) is 31.2 Å². The van der Waals surface area contributed by atoms with Crippen molar-refractivity contribution in [3.05, 3.63) is 24.0 Å². The highest BCUT2D eigenvalue weighted by Crippen LogP contribution is 2.22. The molecule has 0 radical (unpaired) electrons. The molecule has 1 aromatic rings. The van der Waals surface area contributed by atoms with Crippen LogP contribution < -0.4 is 10.2 Å². The summed E-state index contributed by atoms with van der Waals surface area (Å²) in [5, 5.41) is 2.89. The van der Waals surface area contributed by atoms with Crippen LogP contribution >= 0.6 is 0 Å². The van der Waals surface area contributed by atoms with E-state index in [0.717, 1.165) is 31.1 Å². The fourth-order valence-electron chi connectivity index (χ4n) is 2.33. The molecule has 19 heavy (non-hydrogen) atoms.